The van der Waals surface area contributed by atoms with Crippen LogP contribution < -0.4 is 10.5 Å². The molecule has 1 aromatic carbocycles. The molecule has 1 atom stereocenters. The van der Waals surface area contributed by atoms with Crippen molar-refractivity contribution in [2.45, 2.75) is 5.25 Å². The first kappa shape index (κ1) is 10.8. The van der Waals surface area contributed by atoms with Crippen molar-refractivity contribution < 1.29 is 13.2 Å². The lowest BCUT2D eigenvalue weighted by molar-refractivity contribution is -0.114. The summed E-state index contributed by atoms with van der Waals surface area (Å²) < 4.78 is 22.3. The number of nitrogens with zero attached hydrogens (tertiary/aromatic N) is 1. The van der Waals surface area contributed by atoms with Crippen LogP contribution in [0.4, 0.5) is 11.4 Å². The van der Waals surface area contributed by atoms with Gasteiger partial charge >= 0.3 is 0 Å². The molecule has 0 aliphatic carbocycles. The molecule has 0 radical (unpaired) electrons. The summed E-state index contributed by atoms with van der Waals surface area (Å²) in [6, 6.07) is 6.75. The molecule has 1 heterocycles. The van der Waals surface area contributed by atoms with Crippen LogP contribution in [0.3, 0.4) is 0 Å². The zero-order valence-electron chi connectivity index (χ0n) is 8.12. The van der Waals surface area contributed by atoms with Gasteiger partial charge in [0.05, 0.1) is 11.4 Å². The average molecular weight is 239 g/mol. The maximum atomic E-state index is 11.6. The molecule has 7 heteroatoms. The quantitative estimate of drug-likeness (QED) is 0.721. The molecule has 0 saturated carbocycles. The Morgan fingerprint density at radius 3 is 2.69 bits per heavy atom. The second-order valence-electron chi connectivity index (χ2n) is 3.29. The first-order valence-electron chi connectivity index (χ1n) is 4.44. The number of fused-ring (bicyclic) bond motifs is 1. The predicted molar refractivity (Wildman–Crippen MR) is 60.1 cm³/mol. The van der Waals surface area contributed by atoms with Crippen molar-refractivity contribution in [2.75, 3.05) is 5.32 Å². The number of amides is 1. The third-order valence-electron chi connectivity index (χ3n) is 2.12. The number of nitrogens with one attached hydrogen (secondary N) is 1. The molecule has 6 nitrogen and oxygen atoms in total. The number of carbonyl (C=O) groups excluding carboxylic acids is 1. The predicted octanol–water partition coefficient (Wildman–Crippen LogP) is -0.00190. The maximum absolute atomic E-state index is 11.6. The molecule has 0 bridgehead atoms. The first-order chi connectivity index (χ1) is 7.48. The summed E-state index contributed by atoms with van der Waals surface area (Å²) in [6.07, 6.45) is 1.04. The minimum Gasteiger partial charge on any atom is -0.323 e. The second-order valence-corrected chi connectivity index (χ2v) is 4.98. The molecule has 1 aliphatic heterocycles. The van der Waals surface area contributed by atoms with Crippen LogP contribution in [0.15, 0.2) is 29.3 Å². The zero-order valence-corrected chi connectivity index (χ0v) is 8.94. The Balaban J connectivity index is 2.47. The number of rotatable bonds is 1. The SMILES string of the molecule is NS(=O)(=O)C1C=Nc2ccccc2NC1=O. The van der Waals surface area contributed by atoms with E-state index in [-0.39, 0.29) is 0 Å². The fraction of sp³-hybridized carbons (Fsp3) is 0.111. The fourth-order valence-corrected chi connectivity index (χ4v) is 1.93. The lowest BCUT2D eigenvalue weighted by Crippen LogP contribution is -2.39. The summed E-state index contributed by atoms with van der Waals surface area (Å²) >= 11 is 0. The standard InChI is InChI=1S/C9H9N3O3S/c10-16(14,15)8-5-11-6-3-1-2-4-7(6)12-9(8)13/h1-5,8H,(H,12,13)(H2,10,14,15). The van der Waals surface area contributed by atoms with E-state index in [0.717, 1.165) is 6.21 Å². The summed E-state index contributed by atoms with van der Waals surface area (Å²) in [6.45, 7) is 0. The number of para-hydroxylation sites is 2. The summed E-state index contributed by atoms with van der Waals surface area (Å²) in [5.41, 5.74) is 0.969. The summed E-state index contributed by atoms with van der Waals surface area (Å²) in [5.74, 6) is -0.698. The topological polar surface area (TPSA) is 102 Å². The van der Waals surface area contributed by atoms with E-state index in [2.05, 4.69) is 10.3 Å². The van der Waals surface area contributed by atoms with Gasteiger partial charge in [-0.2, -0.15) is 0 Å². The van der Waals surface area contributed by atoms with Gasteiger partial charge in [0.25, 0.3) is 0 Å². The lowest BCUT2D eigenvalue weighted by Gasteiger charge is -2.07. The number of hydrogen-bond donors (Lipinski definition) is 2. The normalized spacial score (nSPS) is 19.8. The van der Waals surface area contributed by atoms with Gasteiger partial charge in [-0.05, 0) is 12.1 Å². The van der Waals surface area contributed by atoms with Gasteiger partial charge in [0, 0.05) is 6.21 Å². The number of carbonyl (C=O) groups is 1. The van der Waals surface area contributed by atoms with E-state index in [0.29, 0.717) is 11.4 Å². The number of primary sulfonamides is 1. The largest absolute Gasteiger partial charge is 0.323 e. The molecule has 16 heavy (non-hydrogen) atoms. The van der Waals surface area contributed by atoms with E-state index in [1.807, 2.05) is 0 Å². The molecule has 84 valence electrons. The monoisotopic (exact) mass is 239 g/mol. The highest BCUT2D eigenvalue weighted by Crippen LogP contribution is 2.26. The van der Waals surface area contributed by atoms with Crippen molar-refractivity contribution in [3.8, 4) is 0 Å². The molecular formula is C9H9N3O3S. The molecule has 0 fully saturated rings. The van der Waals surface area contributed by atoms with Gasteiger partial charge in [-0.25, -0.2) is 13.6 Å². The number of hydrogen-bond acceptors (Lipinski definition) is 4. The highest BCUT2D eigenvalue weighted by atomic mass is 32.2. The Bertz CT molecular complexity index is 565. The van der Waals surface area contributed by atoms with Crippen LogP contribution in [0, 0.1) is 0 Å². The first-order valence-corrected chi connectivity index (χ1v) is 6.05. The highest BCUT2D eigenvalue weighted by Gasteiger charge is 2.30. The second kappa shape index (κ2) is 3.69. The fourth-order valence-electron chi connectivity index (χ4n) is 1.35. The van der Waals surface area contributed by atoms with Crippen molar-refractivity contribution in [1.82, 2.24) is 0 Å². The Labute approximate surface area is 92.2 Å². The van der Waals surface area contributed by atoms with Crippen molar-refractivity contribution in [3.63, 3.8) is 0 Å². The molecule has 1 aromatic rings. The van der Waals surface area contributed by atoms with Gasteiger partial charge in [0.15, 0.2) is 5.25 Å². The Kier molecular flexibility index (Phi) is 2.49. The minimum absolute atomic E-state index is 0.468. The van der Waals surface area contributed by atoms with Crippen LogP contribution in [0.25, 0.3) is 0 Å². The lowest BCUT2D eigenvalue weighted by atomic mass is 10.3. The van der Waals surface area contributed by atoms with Crippen LogP contribution >= 0.6 is 0 Å². The van der Waals surface area contributed by atoms with Gasteiger partial charge in [0.2, 0.25) is 15.9 Å². The number of sulfonamides is 1. The van der Waals surface area contributed by atoms with Gasteiger partial charge in [-0.1, -0.05) is 12.1 Å². The van der Waals surface area contributed by atoms with E-state index in [1.54, 1.807) is 24.3 Å². The van der Waals surface area contributed by atoms with E-state index < -0.39 is 21.2 Å². The number of anilines is 1. The van der Waals surface area contributed by atoms with Crippen LogP contribution in [0.5, 0.6) is 0 Å². The molecular weight excluding hydrogens is 230 g/mol. The number of benzene rings is 1. The Hall–Kier alpha value is -1.73. The van der Waals surface area contributed by atoms with Crippen molar-refractivity contribution in [1.29, 1.82) is 0 Å². The van der Waals surface area contributed by atoms with Crippen molar-refractivity contribution >= 4 is 33.5 Å². The molecule has 3 N–H and O–H groups in total. The molecule has 1 unspecified atom stereocenters. The van der Waals surface area contributed by atoms with Crippen molar-refractivity contribution in [2.24, 2.45) is 10.1 Å². The molecule has 2 rings (SSSR count). The van der Waals surface area contributed by atoms with Crippen LogP contribution in [-0.2, 0) is 14.8 Å². The Morgan fingerprint density at radius 2 is 2.00 bits per heavy atom. The van der Waals surface area contributed by atoms with Gasteiger partial charge < -0.3 is 5.32 Å². The third-order valence-corrected chi connectivity index (χ3v) is 3.17. The molecule has 0 spiro atoms. The van der Waals surface area contributed by atoms with E-state index >= 15 is 0 Å². The van der Waals surface area contributed by atoms with E-state index in [4.69, 9.17) is 5.14 Å². The van der Waals surface area contributed by atoms with E-state index in [1.165, 1.54) is 0 Å². The van der Waals surface area contributed by atoms with Gasteiger partial charge in [0.1, 0.15) is 0 Å². The van der Waals surface area contributed by atoms with Gasteiger partial charge in [-0.3, -0.25) is 9.79 Å². The molecule has 0 saturated heterocycles. The van der Waals surface area contributed by atoms with Crippen LogP contribution in [-0.4, -0.2) is 25.8 Å². The number of nitrogens with two attached hydrogens (primary N) is 1. The Morgan fingerprint density at radius 1 is 1.31 bits per heavy atom. The third kappa shape index (κ3) is 1.95. The van der Waals surface area contributed by atoms with E-state index in [9.17, 15) is 13.2 Å². The summed E-state index contributed by atoms with van der Waals surface area (Å²) in [5, 5.41) is 5.94. The zero-order chi connectivity index (χ0) is 11.8. The number of aliphatic imine (C=N–C) groups is 1. The average Bonchev–Trinajstić information content (AvgIpc) is 2.34. The van der Waals surface area contributed by atoms with Crippen LogP contribution in [0.2, 0.25) is 0 Å². The minimum atomic E-state index is -3.98. The van der Waals surface area contributed by atoms with Gasteiger partial charge in [-0.15, -0.1) is 0 Å². The van der Waals surface area contributed by atoms with Crippen molar-refractivity contribution in [3.05, 3.63) is 24.3 Å². The molecule has 1 amide bonds. The summed E-state index contributed by atoms with van der Waals surface area (Å²) in [4.78, 5) is 15.5. The molecule has 1 aliphatic rings. The maximum Gasteiger partial charge on any atom is 0.249 e. The smallest absolute Gasteiger partial charge is 0.249 e. The molecule has 0 aromatic heterocycles. The summed E-state index contributed by atoms with van der Waals surface area (Å²) in [7, 11) is -3.98. The van der Waals surface area contributed by atoms with Crippen LogP contribution in [0.1, 0.15) is 0 Å². The highest BCUT2D eigenvalue weighted by molar-refractivity contribution is 7.91.